The number of anilines is 3. The average Bonchev–Trinajstić information content (AvgIpc) is 3.18. The number of nitriles is 3. The number of unbranched alkanes of at least 4 members (excludes halogenated alkanes) is 27. The second-order valence-corrected chi connectivity index (χ2v) is 15.5. The van der Waals surface area contributed by atoms with Crippen LogP contribution in [0.15, 0.2) is 0 Å². The molecule has 306 valence electrons. The maximum absolute atomic E-state index is 9.83. The summed E-state index contributed by atoms with van der Waals surface area (Å²) in [5.41, 5.74) is 0. The minimum absolute atomic E-state index is 0.188. The molecule has 0 saturated heterocycles. The highest BCUT2D eigenvalue weighted by atomic mass is 15.4. The largest absolute Gasteiger partial charge is 0.327 e. The molecule has 0 saturated carbocycles. The Morgan fingerprint density at radius 2 is 0.500 bits per heavy atom. The van der Waals surface area contributed by atoms with Crippen molar-refractivity contribution in [1.82, 2.24) is 15.0 Å². The highest BCUT2D eigenvalue weighted by Crippen LogP contribution is 2.22. The van der Waals surface area contributed by atoms with Crippen LogP contribution in [0.5, 0.6) is 0 Å². The zero-order valence-corrected chi connectivity index (χ0v) is 35.5. The Morgan fingerprint density at radius 3 is 0.685 bits per heavy atom. The monoisotopic (exact) mass is 748 g/mol. The van der Waals surface area contributed by atoms with E-state index in [0.29, 0.717) is 37.5 Å². The summed E-state index contributed by atoms with van der Waals surface area (Å²) in [5.74, 6) is 1.43. The van der Waals surface area contributed by atoms with E-state index < -0.39 is 0 Å². The standard InChI is InChI=1S/C45H81N9/c1-4-7-10-13-16-19-22-25-28-31-37-52(40-34-46)43-49-44(53(41-35-47)38-32-29-26-23-20-17-14-11-8-5-2)51-45(50-43)54(42-36-48)39-33-30-27-24-21-18-15-12-9-6-3/h4-33,37-42H2,1-3H3. The van der Waals surface area contributed by atoms with Gasteiger partial charge in [0.05, 0.1) is 18.2 Å². The number of nitrogens with zero attached hydrogens (tertiary/aromatic N) is 9. The molecule has 0 unspecified atom stereocenters. The predicted molar refractivity (Wildman–Crippen MR) is 229 cm³/mol. The van der Waals surface area contributed by atoms with Crippen LogP contribution in [0, 0.1) is 34.0 Å². The molecule has 1 aromatic rings. The molecular formula is C45H81N9. The molecule has 0 aliphatic heterocycles. The van der Waals surface area contributed by atoms with Crippen molar-refractivity contribution < 1.29 is 0 Å². The van der Waals surface area contributed by atoms with Gasteiger partial charge in [-0.1, -0.05) is 194 Å². The molecule has 1 aromatic heterocycles. The summed E-state index contributed by atoms with van der Waals surface area (Å²) in [6, 6.07) is 7.02. The molecule has 1 heterocycles. The molecule has 0 N–H and O–H groups in total. The Bertz CT molecular complexity index is 971. The fourth-order valence-corrected chi connectivity index (χ4v) is 7.14. The first-order chi connectivity index (χ1) is 26.6. The van der Waals surface area contributed by atoms with Gasteiger partial charge >= 0.3 is 0 Å². The van der Waals surface area contributed by atoms with E-state index in [1.54, 1.807) is 0 Å². The molecule has 0 aromatic carbocycles. The SMILES string of the molecule is CCCCCCCCCCCCN(CC#N)c1nc(N(CC#N)CCCCCCCCCCCC)nc(N(CC#N)CCCCCCCCCCCC)n1. The number of aromatic nitrogens is 3. The predicted octanol–water partition coefficient (Wildman–Crippen LogP) is 12.6. The molecule has 0 aliphatic rings. The van der Waals surface area contributed by atoms with Crippen molar-refractivity contribution in [3.8, 4) is 18.2 Å². The topological polar surface area (TPSA) is 120 Å². The lowest BCUT2D eigenvalue weighted by Gasteiger charge is -2.27. The lowest BCUT2D eigenvalue weighted by atomic mass is 10.1. The van der Waals surface area contributed by atoms with Gasteiger partial charge in [-0.2, -0.15) is 30.7 Å². The van der Waals surface area contributed by atoms with Crippen molar-refractivity contribution in [3.05, 3.63) is 0 Å². The Balaban J connectivity index is 2.99. The second kappa shape index (κ2) is 36.8. The third-order valence-corrected chi connectivity index (χ3v) is 10.6. The van der Waals surface area contributed by atoms with E-state index in [0.717, 1.165) is 38.5 Å². The third kappa shape index (κ3) is 25.8. The average molecular weight is 748 g/mol. The Labute approximate surface area is 333 Å². The van der Waals surface area contributed by atoms with Crippen LogP contribution in [-0.2, 0) is 0 Å². The fourth-order valence-electron chi connectivity index (χ4n) is 7.14. The molecule has 9 nitrogen and oxygen atoms in total. The Morgan fingerprint density at radius 1 is 0.315 bits per heavy atom. The van der Waals surface area contributed by atoms with E-state index in [-0.39, 0.29) is 19.6 Å². The van der Waals surface area contributed by atoms with E-state index in [4.69, 9.17) is 15.0 Å². The highest BCUT2D eigenvalue weighted by Gasteiger charge is 2.20. The van der Waals surface area contributed by atoms with E-state index in [1.165, 1.54) is 154 Å². The number of hydrogen-bond donors (Lipinski definition) is 0. The van der Waals surface area contributed by atoms with Gasteiger partial charge in [-0.15, -0.1) is 0 Å². The summed E-state index contributed by atoms with van der Waals surface area (Å²) >= 11 is 0. The summed E-state index contributed by atoms with van der Waals surface area (Å²) < 4.78 is 0. The van der Waals surface area contributed by atoms with Crippen LogP contribution in [-0.4, -0.2) is 54.2 Å². The molecule has 0 radical (unpaired) electrons. The molecule has 1 rings (SSSR count). The summed E-state index contributed by atoms with van der Waals surface area (Å²) in [5, 5.41) is 29.5. The number of rotatable bonds is 39. The minimum atomic E-state index is 0.188. The molecular weight excluding hydrogens is 667 g/mol. The van der Waals surface area contributed by atoms with Crippen molar-refractivity contribution >= 4 is 17.8 Å². The summed E-state index contributed by atoms with van der Waals surface area (Å²) in [4.78, 5) is 20.7. The molecule has 9 heteroatoms. The van der Waals surface area contributed by atoms with Gasteiger partial charge in [-0.25, -0.2) is 0 Å². The van der Waals surface area contributed by atoms with E-state index in [9.17, 15) is 15.8 Å². The van der Waals surface area contributed by atoms with Crippen molar-refractivity contribution in [3.63, 3.8) is 0 Å². The summed E-state index contributed by atoms with van der Waals surface area (Å²) in [7, 11) is 0. The van der Waals surface area contributed by atoms with Crippen molar-refractivity contribution in [2.24, 2.45) is 0 Å². The van der Waals surface area contributed by atoms with Crippen LogP contribution in [0.25, 0.3) is 0 Å². The van der Waals surface area contributed by atoms with Crippen LogP contribution in [0.4, 0.5) is 17.8 Å². The van der Waals surface area contributed by atoms with Gasteiger partial charge in [0, 0.05) is 19.6 Å². The second-order valence-electron chi connectivity index (χ2n) is 15.5. The van der Waals surface area contributed by atoms with Gasteiger partial charge < -0.3 is 14.7 Å². The van der Waals surface area contributed by atoms with Gasteiger partial charge in [-0.3, -0.25) is 0 Å². The highest BCUT2D eigenvalue weighted by molar-refractivity contribution is 5.48. The van der Waals surface area contributed by atoms with E-state index in [1.807, 2.05) is 14.7 Å². The summed E-state index contributed by atoms with van der Waals surface area (Å²) in [6.45, 7) is 9.43. The van der Waals surface area contributed by atoms with Crippen molar-refractivity contribution in [1.29, 1.82) is 15.8 Å². The van der Waals surface area contributed by atoms with Crippen LogP contribution >= 0.6 is 0 Å². The van der Waals surface area contributed by atoms with Crippen molar-refractivity contribution in [2.45, 2.75) is 213 Å². The van der Waals surface area contributed by atoms with Crippen molar-refractivity contribution in [2.75, 3.05) is 54.0 Å². The van der Waals surface area contributed by atoms with E-state index in [2.05, 4.69) is 39.0 Å². The lowest BCUT2D eigenvalue weighted by Crippen LogP contribution is -2.33. The summed E-state index contributed by atoms with van der Waals surface area (Å²) in [6.07, 6.45) is 37.5. The maximum atomic E-state index is 9.83. The van der Waals surface area contributed by atoms with Crippen LogP contribution in [0.3, 0.4) is 0 Å². The molecule has 0 bridgehead atoms. The third-order valence-electron chi connectivity index (χ3n) is 10.6. The first-order valence-corrected chi connectivity index (χ1v) is 22.8. The zero-order chi connectivity index (χ0) is 39.2. The Hall–Kier alpha value is -3.12. The van der Waals surface area contributed by atoms with Crippen LogP contribution < -0.4 is 14.7 Å². The molecule has 0 aliphatic carbocycles. The van der Waals surface area contributed by atoms with Gasteiger partial charge in [0.15, 0.2) is 0 Å². The molecule has 0 fully saturated rings. The Kier molecular flexibility index (Phi) is 33.4. The first-order valence-electron chi connectivity index (χ1n) is 22.8. The maximum Gasteiger partial charge on any atom is 0.232 e. The minimum Gasteiger partial charge on any atom is -0.327 e. The van der Waals surface area contributed by atoms with Crippen LogP contribution in [0.2, 0.25) is 0 Å². The fraction of sp³-hybridized carbons (Fsp3) is 0.867. The first kappa shape index (κ1) is 48.9. The van der Waals surface area contributed by atoms with E-state index >= 15 is 0 Å². The zero-order valence-electron chi connectivity index (χ0n) is 35.5. The lowest BCUT2D eigenvalue weighted by molar-refractivity contribution is 0.552. The molecule has 0 amide bonds. The van der Waals surface area contributed by atoms with Gasteiger partial charge in [0.2, 0.25) is 17.8 Å². The molecule has 0 atom stereocenters. The van der Waals surface area contributed by atoms with Gasteiger partial charge in [0.1, 0.15) is 19.6 Å². The van der Waals surface area contributed by atoms with Crippen LogP contribution in [0.1, 0.15) is 213 Å². The smallest absolute Gasteiger partial charge is 0.232 e. The quantitative estimate of drug-likeness (QED) is 0.0478. The normalized spacial score (nSPS) is 10.9. The van der Waals surface area contributed by atoms with Gasteiger partial charge in [-0.05, 0) is 19.3 Å². The van der Waals surface area contributed by atoms with Gasteiger partial charge in [0.25, 0.3) is 0 Å². The number of hydrogen-bond acceptors (Lipinski definition) is 9. The molecule has 54 heavy (non-hydrogen) atoms. The molecule has 0 spiro atoms.